The zero-order chi connectivity index (χ0) is 16.5. The van der Waals surface area contributed by atoms with Gasteiger partial charge in [-0.1, -0.05) is 27.2 Å². The molecule has 4 atom stereocenters. The molecule has 1 heterocycles. The van der Waals surface area contributed by atoms with Crippen molar-refractivity contribution in [1.29, 1.82) is 0 Å². The van der Waals surface area contributed by atoms with E-state index in [-0.39, 0.29) is 5.60 Å². The van der Waals surface area contributed by atoms with E-state index in [9.17, 15) is 5.11 Å². The molecule has 1 aromatic carbocycles. The lowest BCUT2D eigenvalue weighted by Gasteiger charge is -2.63. The number of benzene rings is 1. The van der Waals surface area contributed by atoms with Gasteiger partial charge < -0.3 is 9.84 Å². The van der Waals surface area contributed by atoms with Crippen molar-refractivity contribution in [3.63, 3.8) is 0 Å². The Kier molecular flexibility index (Phi) is 3.12. The minimum absolute atomic E-state index is 0.0529. The third-order valence-corrected chi connectivity index (χ3v) is 7.55. The molecule has 0 saturated heterocycles. The predicted octanol–water partition coefficient (Wildman–Crippen LogP) is 5.33. The number of phenols is 1. The standard InChI is InChI=1S/C21H30O2/c1-19(2)9-5-10-20(3)17(19)8-11-21(4)18(20)13-14-12-15(22)6-7-16(14)23-21/h6-7,12,17-18,22H,5,8-11,13H2,1-4H3/t17-,18+,20-,21?/m0/s1. The molecular formula is C21H30O2. The number of fused-ring (bicyclic) bond motifs is 4. The molecule has 0 aromatic heterocycles. The van der Waals surface area contributed by atoms with Gasteiger partial charge in [0.05, 0.1) is 0 Å². The summed E-state index contributed by atoms with van der Waals surface area (Å²) >= 11 is 0. The van der Waals surface area contributed by atoms with Crippen LogP contribution in [-0.4, -0.2) is 10.7 Å². The molecule has 1 aromatic rings. The highest BCUT2D eigenvalue weighted by molar-refractivity contribution is 5.42. The number of rotatable bonds is 0. The van der Waals surface area contributed by atoms with Crippen LogP contribution in [0.3, 0.4) is 0 Å². The van der Waals surface area contributed by atoms with Gasteiger partial charge in [-0.15, -0.1) is 0 Å². The van der Waals surface area contributed by atoms with E-state index in [4.69, 9.17) is 4.74 Å². The van der Waals surface area contributed by atoms with Gasteiger partial charge in [0.2, 0.25) is 0 Å². The molecule has 4 rings (SSSR count). The van der Waals surface area contributed by atoms with E-state index in [1.165, 1.54) is 31.2 Å². The van der Waals surface area contributed by atoms with Crippen molar-refractivity contribution >= 4 is 0 Å². The molecule has 1 unspecified atom stereocenters. The average molecular weight is 314 g/mol. The minimum atomic E-state index is -0.0529. The maximum absolute atomic E-state index is 9.87. The van der Waals surface area contributed by atoms with Crippen molar-refractivity contribution < 1.29 is 9.84 Å². The van der Waals surface area contributed by atoms with Crippen LogP contribution >= 0.6 is 0 Å². The second-order valence-corrected chi connectivity index (χ2v) is 9.40. The van der Waals surface area contributed by atoms with Crippen LogP contribution in [0.25, 0.3) is 0 Å². The van der Waals surface area contributed by atoms with Gasteiger partial charge in [-0.05, 0) is 79.5 Å². The van der Waals surface area contributed by atoms with E-state index in [2.05, 4.69) is 27.7 Å². The fraction of sp³-hybridized carbons (Fsp3) is 0.714. The number of phenolic OH excluding ortho intramolecular Hbond substituents is 1. The van der Waals surface area contributed by atoms with Gasteiger partial charge in [0.1, 0.15) is 17.1 Å². The van der Waals surface area contributed by atoms with E-state index in [1.807, 2.05) is 12.1 Å². The molecule has 1 aliphatic heterocycles. The number of aromatic hydroxyl groups is 1. The third kappa shape index (κ3) is 2.13. The van der Waals surface area contributed by atoms with Gasteiger partial charge in [0, 0.05) is 5.92 Å². The van der Waals surface area contributed by atoms with Crippen molar-refractivity contribution in [3.8, 4) is 11.5 Å². The first-order valence-corrected chi connectivity index (χ1v) is 9.26. The highest BCUT2D eigenvalue weighted by atomic mass is 16.5. The molecule has 3 aliphatic rings. The maximum atomic E-state index is 9.87. The lowest BCUT2D eigenvalue weighted by atomic mass is 9.44. The third-order valence-electron chi connectivity index (χ3n) is 7.55. The van der Waals surface area contributed by atoms with Crippen molar-refractivity contribution in [1.82, 2.24) is 0 Å². The highest BCUT2D eigenvalue weighted by Crippen LogP contribution is 2.64. The molecule has 126 valence electrons. The van der Waals surface area contributed by atoms with Crippen molar-refractivity contribution in [3.05, 3.63) is 23.8 Å². The number of hydrogen-bond acceptors (Lipinski definition) is 2. The highest BCUT2D eigenvalue weighted by Gasteiger charge is 2.60. The molecule has 23 heavy (non-hydrogen) atoms. The number of ether oxygens (including phenoxy) is 1. The quantitative estimate of drug-likeness (QED) is 0.701. The van der Waals surface area contributed by atoms with Gasteiger partial charge in [0.15, 0.2) is 0 Å². The molecule has 1 N–H and O–H groups in total. The normalized spacial score (nSPS) is 41.2. The molecule has 0 radical (unpaired) electrons. The molecule has 0 spiro atoms. The Hall–Kier alpha value is -1.18. The summed E-state index contributed by atoms with van der Waals surface area (Å²) in [5.74, 6) is 2.67. The maximum Gasteiger partial charge on any atom is 0.123 e. The first kappa shape index (κ1) is 15.4. The monoisotopic (exact) mass is 314 g/mol. The smallest absolute Gasteiger partial charge is 0.123 e. The Morgan fingerprint density at radius 3 is 2.61 bits per heavy atom. The molecule has 2 nitrogen and oxygen atoms in total. The molecular weight excluding hydrogens is 284 g/mol. The topological polar surface area (TPSA) is 29.5 Å². The van der Waals surface area contributed by atoms with E-state index < -0.39 is 0 Å². The van der Waals surface area contributed by atoms with Crippen LogP contribution in [0.1, 0.15) is 65.4 Å². The van der Waals surface area contributed by atoms with Crippen LogP contribution in [0.4, 0.5) is 0 Å². The van der Waals surface area contributed by atoms with Crippen LogP contribution in [-0.2, 0) is 6.42 Å². The minimum Gasteiger partial charge on any atom is -0.508 e. The summed E-state index contributed by atoms with van der Waals surface area (Å²) in [5, 5.41) is 9.87. The fourth-order valence-corrected chi connectivity index (χ4v) is 6.47. The van der Waals surface area contributed by atoms with Crippen LogP contribution in [0.5, 0.6) is 11.5 Å². The molecule has 2 saturated carbocycles. The van der Waals surface area contributed by atoms with E-state index in [0.717, 1.165) is 24.5 Å². The summed E-state index contributed by atoms with van der Waals surface area (Å²) in [4.78, 5) is 0. The van der Waals surface area contributed by atoms with Gasteiger partial charge in [-0.25, -0.2) is 0 Å². The van der Waals surface area contributed by atoms with E-state index in [0.29, 0.717) is 22.5 Å². The lowest BCUT2D eigenvalue weighted by Crippen LogP contribution is -2.61. The summed E-state index contributed by atoms with van der Waals surface area (Å²) in [7, 11) is 0. The van der Waals surface area contributed by atoms with Crippen molar-refractivity contribution in [2.24, 2.45) is 22.7 Å². The Bertz CT molecular complexity index is 635. The van der Waals surface area contributed by atoms with Gasteiger partial charge in [-0.3, -0.25) is 0 Å². The summed E-state index contributed by atoms with van der Waals surface area (Å²) in [6, 6.07) is 5.61. The van der Waals surface area contributed by atoms with Gasteiger partial charge in [-0.2, -0.15) is 0 Å². The van der Waals surface area contributed by atoms with Crippen LogP contribution < -0.4 is 4.74 Å². The molecule has 2 aliphatic carbocycles. The lowest BCUT2D eigenvalue weighted by molar-refractivity contribution is -0.162. The van der Waals surface area contributed by atoms with Crippen molar-refractivity contribution in [2.45, 2.75) is 71.8 Å². The SMILES string of the molecule is CC1(C)CCC[C@@]2(C)[C@H]1CCC1(C)Oc3ccc(O)cc3C[C@@H]12. The summed E-state index contributed by atoms with van der Waals surface area (Å²) in [6.45, 7) is 9.80. The van der Waals surface area contributed by atoms with Crippen LogP contribution in [0, 0.1) is 22.7 Å². The van der Waals surface area contributed by atoms with Crippen molar-refractivity contribution in [2.75, 3.05) is 0 Å². The second-order valence-electron chi connectivity index (χ2n) is 9.40. The second kappa shape index (κ2) is 4.68. The Morgan fingerprint density at radius 1 is 1.04 bits per heavy atom. The Balaban J connectivity index is 1.77. The summed E-state index contributed by atoms with van der Waals surface area (Å²) < 4.78 is 6.55. The summed E-state index contributed by atoms with van der Waals surface area (Å²) in [5.41, 5.74) is 1.92. The fourth-order valence-electron chi connectivity index (χ4n) is 6.47. The molecule has 0 bridgehead atoms. The number of hydrogen-bond donors (Lipinski definition) is 1. The van der Waals surface area contributed by atoms with E-state index >= 15 is 0 Å². The Labute approximate surface area is 140 Å². The molecule has 2 heteroatoms. The predicted molar refractivity (Wildman–Crippen MR) is 92.8 cm³/mol. The zero-order valence-corrected chi connectivity index (χ0v) is 15.0. The first-order valence-electron chi connectivity index (χ1n) is 9.26. The first-order chi connectivity index (χ1) is 10.7. The van der Waals surface area contributed by atoms with Gasteiger partial charge >= 0.3 is 0 Å². The summed E-state index contributed by atoms with van der Waals surface area (Å²) in [6.07, 6.45) is 7.49. The molecule has 0 amide bonds. The Morgan fingerprint density at radius 2 is 1.83 bits per heavy atom. The van der Waals surface area contributed by atoms with Crippen LogP contribution in [0.2, 0.25) is 0 Å². The van der Waals surface area contributed by atoms with E-state index in [1.54, 1.807) is 6.07 Å². The van der Waals surface area contributed by atoms with Gasteiger partial charge in [0.25, 0.3) is 0 Å². The average Bonchev–Trinajstić information content (AvgIpc) is 2.45. The molecule has 2 fully saturated rings. The van der Waals surface area contributed by atoms with Crippen LogP contribution in [0.15, 0.2) is 18.2 Å². The zero-order valence-electron chi connectivity index (χ0n) is 15.0. The largest absolute Gasteiger partial charge is 0.508 e.